The Balaban J connectivity index is 1.65. The second kappa shape index (κ2) is 8.29. The molecule has 0 bridgehead atoms. The lowest BCUT2D eigenvalue weighted by molar-refractivity contribution is -0.203. The van der Waals surface area contributed by atoms with Crippen LogP contribution in [-0.4, -0.2) is 44.7 Å². The van der Waals surface area contributed by atoms with E-state index in [9.17, 15) is 20.1 Å². The highest BCUT2D eigenvalue weighted by atomic mass is 16.4. The van der Waals surface area contributed by atoms with Crippen molar-refractivity contribution in [2.75, 3.05) is 0 Å². The van der Waals surface area contributed by atoms with Crippen molar-refractivity contribution in [1.29, 1.82) is 0 Å². The topological polar surface area (TPSA) is 98.0 Å². The summed E-state index contributed by atoms with van der Waals surface area (Å²) in [4.78, 5) is 11.1. The Morgan fingerprint density at radius 1 is 1.00 bits per heavy atom. The third kappa shape index (κ3) is 3.58. The standard InChI is InChI=1S/C26H44O5/c1-5-16-18-12-15(27)8-10-25(18,3)17-9-11-26(4)19(22(17)24(16)31)13-20(28)23(26)14(2)6-7-21(29)30/h14-20,22-24,27-28,31H,5-13H2,1-4H3,(H,29,30)/t14-,15-,16-,17?,18+,19?,20+,22-,23+,24-,25-,26+/m1/s1. The number of rotatable bonds is 5. The van der Waals surface area contributed by atoms with E-state index in [-0.39, 0.29) is 59.0 Å². The summed E-state index contributed by atoms with van der Waals surface area (Å²) in [7, 11) is 0. The molecule has 0 aromatic heterocycles. The molecule has 4 rings (SSSR count). The Kier molecular flexibility index (Phi) is 6.28. The van der Waals surface area contributed by atoms with Crippen LogP contribution in [0.3, 0.4) is 0 Å². The van der Waals surface area contributed by atoms with Crippen molar-refractivity contribution >= 4 is 5.97 Å². The summed E-state index contributed by atoms with van der Waals surface area (Å²) in [6, 6.07) is 0. The maximum absolute atomic E-state index is 11.7. The van der Waals surface area contributed by atoms with Crippen molar-refractivity contribution in [2.24, 2.45) is 52.3 Å². The number of aliphatic hydroxyl groups is 3. The van der Waals surface area contributed by atoms with E-state index >= 15 is 0 Å². The summed E-state index contributed by atoms with van der Waals surface area (Å²) < 4.78 is 0. The Morgan fingerprint density at radius 3 is 2.32 bits per heavy atom. The Hall–Kier alpha value is -0.650. The fraction of sp³-hybridized carbons (Fsp3) is 0.962. The van der Waals surface area contributed by atoms with E-state index < -0.39 is 12.1 Å². The third-order valence-electron chi connectivity index (χ3n) is 10.9. The van der Waals surface area contributed by atoms with Gasteiger partial charge >= 0.3 is 5.97 Å². The zero-order chi connectivity index (χ0) is 22.7. The van der Waals surface area contributed by atoms with Crippen molar-refractivity contribution in [3.8, 4) is 0 Å². The number of carboxylic acids is 1. The zero-order valence-corrected chi connectivity index (χ0v) is 19.8. The molecule has 0 saturated heterocycles. The number of carboxylic acid groups (broad SMARTS) is 1. The van der Waals surface area contributed by atoms with Crippen LogP contribution in [-0.2, 0) is 4.79 Å². The van der Waals surface area contributed by atoms with Gasteiger partial charge in [-0.2, -0.15) is 0 Å². The van der Waals surface area contributed by atoms with Crippen LogP contribution in [0.15, 0.2) is 0 Å². The summed E-state index contributed by atoms with van der Waals surface area (Å²) in [5, 5.41) is 42.5. The first-order chi connectivity index (χ1) is 14.5. The molecule has 4 aliphatic carbocycles. The lowest BCUT2D eigenvalue weighted by atomic mass is 9.41. The third-order valence-corrected chi connectivity index (χ3v) is 10.9. The quantitative estimate of drug-likeness (QED) is 0.520. The van der Waals surface area contributed by atoms with Gasteiger partial charge in [0.15, 0.2) is 0 Å². The van der Waals surface area contributed by atoms with E-state index in [1.54, 1.807) is 0 Å². The van der Waals surface area contributed by atoms with Crippen molar-refractivity contribution in [3.05, 3.63) is 0 Å². The Morgan fingerprint density at radius 2 is 1.68 bits per heavy atom. The first kappa shape index (κ1) is 23.5. The maximum atomic E-state index is 11.7. The molecule has 4 N–H and O–H groups in total. The Labute approximate surface area is 187 Å². The molecule has 2 unspecified atom stereocenters. The summed E-state index contributed by atoms with van der Waals surface area (Å²) >= 11 is 0. The van der Waals surface area contributed by atoms with E-state index in [4.69, 9.17) is 5.11 Å². The molecular weight excluding hydrogens is 392 g/mol. The molecule has 5 heteroatoms. The first-order valence-corrected chi connectivity index (χ1v) is 12.8. The van der Waals surface area contributed by atoms with Crippen molar-refractivity contribution in [2.45, 2.75) is 104 Å². The predicted octanol–water partition coefficient (Wildman–Crippen LogP) is 4.08. The fourth-order valence-corrected chi connectivity index (χ4v) is 9.57. The van der Waals surface area contributed by atoms with Gasteiger partial charge in [0, 0.05) is 6.42 Å². The van der Waals surface area contributed by atoms with Gasteiger partial charge in [-0.25, -0.2) is 0 Å². The molecule has 0 heterocycles. The smallest absolute Gasteiger partial charge is 0.303 e. The molecule has 31 heavy (non-hydrogen) atoms. The largest absolute Gasteiger partial charge is 0.481 e. The van der Waals surface area contributed by atoms with Crippen LogP contribution in [0, 0.1) is 52.3 Å². The summed E-state index contributed by atoms with van der Waals surface area (Å²) in [6.07, 6.45) is 6.23. The molecule has 12 atom stereocenters. The van der Waals surface area contributed by atoms with E-state index in [0.717, 1.165) is 44.9 Å². The molecule has 4 fully saturated rings. The minimum Gasteiger partial charge on any atom is -0.481 e. The van der Waals surface area contributed by atoms with Crippen LogP contribution >= 0.6 is 0 Å². The van der Waals surface area contributed by atoms with Gasteiger partial charge in [0.2, 0.25) is 0 Å². The normalized spacial score (nSPS) is 52.7. The van der Waals surface area contributed by atoms with Crippen LogP contribution in [0.5, 0.6) is 0 Å². The fourth-order valence-electron chi connectivity index (χ4n) is 9.57. The molecule has 0 amide bonds. The predicted molar refractivity (Wildman–Crippen MR) is 119 cm³/mol. The molecular formula is C26H44O5. The molecule has 4 saturated carbocycles. The van der Waals surface area contributed by atoms with Crippen molar-refractivity contribution < 1.29 is 25.2 Å². The summed E-state index contributed by atoms with van der Waals surface area (Å²) in [5.74, 6) is 1.01. The highest BCUT2D eigenvalue weighted by Gasteiger charge is 2.66. The van der Waals surface area contributed by atoms with Gasteiger partial charge in [-0.3, -0.25) is 4.79 Å². The number of hydrogen-bond acceptors (Lipinski definition) is 4. The Bertz CT molecular complexity index is 681. The molecule has 0 radical (unpaired) electrons. The average molecular weight is 437 g/mol. The van der Waals surface area contributed by atoms with Crippen molar-refractivity contribution in [1.82, 2.24) is 0 Å². The van der Waals surface area contributed by atoms with Gasteiger partial charge in [-0.15, -0.1) is 0 Å². The summed E-state index contributed by atoms with van der Waals surface area (Å²) in [6.45, 7) is 9.04. The van der Waals surface area contributed by atoms with Crippen LogP contribution in [0.4, 0.5) is 0 Å². The van der Waals surface area contributed by atoms with Crippen molar-refractivity contribution in [3.63, 3.8) is 0 Å². The molecule has 0 aromatic carbocycles. The van der Waals surface area contributed by atoms with Gasteiger partial charge in [-0.05, 0) is 97.2 Å². The average Bonchev–Trinajstić information content (AvgIpc) is 2.98. The number of aliphatic hydroxyl groups excluding tert-OH is 3. The second-order valence-corrected chi connectivity index (χ2v) is 12.2. The second-order valence-electron chi connectivity index (χ2n) is 12.2. The van der Waals surface area contributed by atoms with Crippen LogP contribution in [0.2, 0.25) is 0 Å². The highest BCUT2D eigenvalue weighted by Crippen LogP contribution is 2.69. The first-order valence-electron chi connectivity index (χ1n) is 12.8. The minimum absolute atomic E-state index is 0.0465. The number of carbonyl (C=O) groups is 1. The molecule has 0 aliphatic heterocycles. The SMILES string of the molecule is CC[C@H]1[C@@H](O)[C@H]2C3C[C@H](O)[C@H]([C@H](C)CCC(=O)O)[C@@]3(C)CCC2[C@@]2(C)CC[C@@H](O)C[C@@H]12. The van der Waals surface area contributed by atoms with Gasteiger partial charge < -0.3 is 20.4 Å². The van der Waals surface area contributed by atoms with Gasteiger partial charge in [-0.1, -0.05) is 34.1 Å². The van der Waals surface area contributed by atoms with E-state index in [0.29, 0.717) is 18.3 Å². The van der Waals surface area contributed by atoms with Gasteiger partial charge in [0.25, 0.3) is 0 Å². The molecule has 178 valence electrons. The number of hydrogen-bond donors (Lipinski definition) is 4. The number of aliphatic carboxylic acids is 1. The minimum atomic E-state index is -0.767. The number of fused-ring (bicyclic) bond motifs is 5. The van der Waals surface area contributed by atoms with E-state index in [1.165, 1.54) is 0 Å². The lowest BCUT2D eigenvalue weighted by Crippen LogP contribution is -2.62. The highest BCUT2D eigenvalue weighted by molar-refractivity contribution is 5.66. The maximum Gasteiger partial charge on any atom is 0.303 e. The monoisotopic (exact) mass is 436 g/mol. The molecule has 0 spiro atoms. The van der Waals surface area contributed by atoms with Crippen LogP contribution < -0.4 is 0 Å². The van der Waals surface area contributed by atoms with Gasteiger partial charge in [0.1, 0.15) is 0 Å². The molecule has 0 aromatic rings. The summed E-state index contributed by atoms with van der Waals surface area (Å²) in [5.41, 5.74) is 0.109. The molecule has 5 nitrogen and oxygen atoms in total. The van der Waals surface area contributed by atoms with E-state index in [2.05, 4.69) is 27.7 Å². The zero-order valence-electron chi connectivity index (χ0n) is 19.8. The van der Waals surface area contributed by atoms with Crippen LogP contribution in [0.1, 0.15) is 85.5 Å². The molecule has 4 aliphatic rings. The van der Waals surface area contributed by atoms with Gasteiger partial charge in [0.05, 0.1) is 18.3 Å². The van der Waals surface area contributed by atoms with E-state index in [1.807, 2.05) is 0 Å². The van der Waals surface area contributed by atoms with Crippen LogP contribution in [0.25, 0.3) is 0 Å². The lowest BCUT2D eigenvalue weighted by Gasteiger charge is -2.64.